The van der Waals surface area contributed by atoms with Crippen LogP contribution in [0.2, 0.25) is 5.02 Å². The molecule has 0 radical (unpaired) electrons. The van der Waals surface area contributed by atoms with Crippen LogP contribution in [0.4, 0.5) is 21.0 Å². The van der Waals surface area contributed by atoms with Gasteiger partial charge in [-0.25, -0.2) is 9.59 Å². The van der Waals surface area contributed by atoms with E-state index in [1.165, 1.54) is 4.90 Å². The minimum Gasteiger partial charge on any atom is -0.382 e. The Bertz CT molecular complexity index is 1030. The third-order valence-corrected chi connectivity index (χ3v) is 5.92. The van der Waals surface area contributed by atoms with Crippen LogP contribution in [-0.4, -0.2) is 62.8 Å². The molecule has 5 amide bonds. The number of carbonyl (C=O) groups is 3. The summed E-state index contributed by atoms with van der Waals surface area (Å²) in [6.07, 6.45) is 0.224. The minimum absolute atomic E-state index is 0.0550. The summed E-state index contributed by atoms with van der Waals surface area (Å²) >= 11 is 6.66. The molecule has 0 aliphatic carbocycles. The lowest BCUT2D eigenvalue weighted by atomic mass is 10.0. The van der Waals surface area contributed by atoms with E-state index in [9.17, 15) is 14.4 Å². The SMILES string of the molecule is COCC1CN(C)C(=O)N1c1ccc(-c2cccc(N3CCC(=O)NC3=O)c2Cl)cc1. The fraction of sp³-hybridized carbons (Fsp3) is 0.318. The molecular formula is C22H23ClN4O4. The Kier molecular flexibility index (Phi) is 5.84. The van der Waals surface area contributed by atoms with Crippen molar-refractivity contribution < 1.29 is 19.1 Å². The van der Waals surface area contributed by atoms with Gasteiger partial charge in [0, 0.05) is 44.9 Å². The first-order valence-electron chi connectivity index (χ1n) is 9.94. The second-order valence-electron chi connectivity index (χ2n) is 7.58. The molecule has 0 saturated carbocycles. The Morgan fingerprint density at radius 1 is 1.13 bits per heavy atom. The fourth-order valence-corrected chi connectivity index (χ4v) is 4.34. The molecule has 2 aliphatic heterocycles. The van der Waals surface area contributed by atoms with Gasteiger partial charge in [-0.1, -0.05) is 35.9 Å². The van der Waals surface area contributed by atoms with E-state index in [1.54, 1.807) is 30.0 Å². The third kappa shape index (κ3) is 3.96. The van der Waals surface area contributed by atoms with Crippen LogP contribution in [0, 0.1) is 0 Å². The number of nitrogens with zero attached hydrogens (tertiary/aromatic N) is 3. The Hall–Kier alpha value is -3.10. The predicted molar refractivity (Wildman–Crippen MR) is 119 cm³/mol. The van der Waals surface area contributed by atoms with Crippen LogP contribution in [0.15, 0.2) is 42.5 Å². The lowest BCUT2D eigenvalue weighted by Crippen LogP contribution is -2.49. The number of imide groups is 1. The Morgan fingerprint density at radius 2 is 1.87 bits per heavy atom. The molecule has 2 heterocycles. The molecule has 2 saturated heterocycles. The first-order valence-corrected chi connectivity index (χ1v) is 10.3. The number of methoxy groups -OCH3 is 1. The molecule has 1 atom stereocenters. The molecule has 2 aromatic rings. The highest BCUT2D eigenvalue weighted by molar-refractivity contribution is 6.36. The van der Waals surface area contributed by atoms with Gasteiger partial charge in [-0.2, -0.15) is 0 Å². The van der Waals surface area contributed by atoms with Gasteiger partial charge in [0.2, 0.25) is 5.91 Å². The largest absolute Gasteiger partial charge is 0.382 e. The molecule has 0 aromatic heterocycles. The maximum atomic E-state index is 12.6. The van der Waals surface area contributed by atoms with Gasteiger partial charge < -0.3 is 9.64 Å². The van der Waals surface area contributed by atoms with E-state index >= 15 is 0 Å². The lowest BCUT2D eigenvalue weighted by molar-refractivity contribution is -0.120. The monoisotopic (exact) mass is 442 g/mol. The van der Waals surface area contributed by atoms with Gasteiger partial charge in [0.15, 0.2) is 0 Å². The number of rotatable bonds is 5. The van der Waals surface area contributed by atoms with E-state index in [0.717, 1.165) is 16.8 Å². The number of anilines is 2. The molecule has 2 aromatic carbocycles. The fourth-order valence-electron chi connectivity index (χ4n) is 4.00. The van der Waals surface area contributed by atoms with Gasteiger partial charge in [0.05, 0.1) is 23.4 Å². The Labute approximate surface area is 185 Å². The zero-order chi connectivity index (χ0) is 22.1. The first-order chi connectivity index (χ1) is 14.9. The molecule has 8 nitrogen and oxygen atoms in total. The highest BCUT2D eigenvalue weighted by Gasteiger charge is 2.36. The van der Waals surface area contributed by atoms with E-state index in [1.807, 2.05) is 36.4 Å². The van der Waals surface area contributed by atoms with Crippen molar-refractivity contribution in [1.29, 1.82) is 0 Å². The quantitative estimate of drug-likeness (QED) is 0.769. The lowest BCUT2D eigenvalue weighted by Gasteiger charge is -2.28. The number of ether oxygens (including phenoxy) is 1. The average molecular weight is 443 g/mol. The molecule has 1 unspecified atom stereocenters. The summed E-state index contributed by atoms with van der Waals surface area (Å²) in [5.74, 6) is -0.294. The second-order valence-corrected chi connectivity index (χ2v) is 7.96. The Morgan fingerprint density at radius 3 is 2.55 bits per heavy atom. The molecule has 2 fully saturated rings. The summed E-state index contributed by atoms with van der Waals surface area (Å²) in [4.78, 5) is 41.1. The molecule has 9 heteroatoms. The average Bonchev–Trinajstić information content (AvgIpc) is 3.02. The number of likely N-dealkylation sites (N-methyl/N-ethyl adjacent to an activating group) is 1. The number of halogens is 1. The standard InChI is InChI=1S/C22H23ClN4O4/c1-25-12-16(13-31-2)27(22(25)30)15-8-6-14(7-9-15)17-4-3-5-18(20(17)23)26-11-10-19(28)24-21(26)29/h3-9,16H,10-13H2,1-2H3,(H,24,28,29). The highest BCUT2D eigenvalue weighted by atomic mass is 35.5. The number of carbonyl (C=O) groups excluding carboxylic acids is 3. The van der Waals surface area contributed by atoms with Crippen LogP contribution >= 0.6 is 11.6 Å². The van der Waals surface area contributed by atoms with Crippen molar-refractivity contribution in [2.75, 3.05) is 43.7 Å². The number of hydrogen-bond acceptors (Lipinski definition) is 4. The molecule has 0 spiro atoms. The van der Waals surface area contributed by atoms with Crippen molar-refractivity contribution in [3.63, 3.8) is 0 Å². The number of urea groups is 2. The molecule has 2 aliphatic rings. The van der Waals surface area contributed by atoms with E-state index in [0.29, 0.717) is 23.9 Å². The summed E-state index contributed by atoms with van der Waals surface area (Å²) in [7, 11) is 3.40. The van der Waals surface area contributed by atoms with E-state index in [-0.39, 0.29) is 30.9 Å². The summed E-state index contributed by atoms with van der Waals surface area (Å²) in [6, 6.07) is 12.4. The van der Waals surface area contributed by atoms with Crippen molar-refractivity contribution in [3.8, 4) is 11.1 Å². The maximum Gasteiger partial charge on any atom is 0.328 e. The highest BCUT2D eigenvalue weighted by Crippen LogP contribution is 2.37. The van der Waals surface area contributed by atoms with E-state index in [2.05, 4.69) is 5.32 Å². The van der Waals surface area contributed by atoms with Crippen molar-refractivity contribution >= 4 is 40.9 Å². The zero-order valence-corrected chi connectivity index (χ0v) is 18.1. The predicted octanol–water partition coefficient (Wildman–Crippen LogP) is 3.34. The van der Waals surface area contributed by atoms with Gasteiger partial charge in [0.25, 0.3) is 0 Å². The van der Waals surface area contributed by atoms with Gasteiger partial charge in [-0.3, -0.25) is 19.9 Å². The normalized spacial score (nSPS) is 19.3. The number of benzene rings is 2. The van der Waals surface area contributed by atoms with Crippen molar-refractivity contribution in [3.05, 3.63) is 47.5 Å². The van der Waals surface area contributed by atoms with E-state index in [4.69, 9.17) is 16.3 Å². The molecule has 4 rings (SSSR count). The van der Waals surface area contributed by atoms with Crippen LogP contribution in [-0.2, 0) is 9.53 Å². The van der Waals surface area contributed by atoms with Crippen LogP contribution in [0.3, 0.4) is 0 Å². The smallest absolute Gasteiger partial charge is 0.328 e. The van der Waals surface area contributed by atoms with Gasteiger partial charge in [0.1, 0.15) is 0 Å². The summed E-state index contributed by atoms with van der Waals surface area (Å²) in [6.45, 7) is 1.33. The molecule has 162 valence electrons. The van der Waals surface area contributed by atoms with Crippen molar-refractivity contribution in [2.45, 2.75) is 12.5 Å². The van der Waals surface area contributed by atoms with Crippen LogP contribution in [0.5, 0.6) is 0 Å². The zero-order valence-electron chi connectivity index (χ0n) is 17.3. The van der Waals surface area contributed by atoms with Gasteiger partial charge >= 0.3 is 12.1 Å². The second kappa shape index (κ2) is 8.56. The molecular weight excluding hydrogens is 420 g/mol. The van der Waals surface area contributed by atoms with Crippen LogP contribution < -0.4 is 15.1 Å². The third-order valence-electron chi connectivity index (χ3n) is 5.52. The van der Waals surface area contributed by atoms with E-state index < -0.39 is 6.03 Å². The summed E-state index contributed by atoms with van der Waals surface area (Å²) in [5.41, 5.74) is 2.94. The van der Waals surface area contributed by atoms with Gasteiger partial charge in [-0.15, -0.1) is 0 Å². The van der Waals surface area contributed by atoms with Crippen molar-refractivity contribution in [1.82, 2.24) is 10.2 Å². The molecule has 0 bridgehead atoms. The number of nitrogens with one attached hydrogen (secondary N) is 1. The first kappa shape index (κ1) is 21.1. The van der Waals surface area contributed by atoms with Gasteiger partial charge in [-0.05, 0) is 23.8 Å². The number of hydrogen-bond donors (Lipinski definition) is 1. The summed E-state index contributed by atoms with van der Waals surface area (Å²) in [5, 5.41) is 2.74. The maximum absolute atomic E-state index is 12.6. The molecule has 1 N–H and O–H groups in total. The minimum atomic E-state index is -0.480. The van der Waals surface area contributed by atoms with Crippen molar-refractivity contribution in [2.24, 2.45) is 0 Å². The summed E-state index contributed by atoms with van der Waals surface area (Å²) < 4.78 is 5.27. The number of amides is 5. The Balaban J connectivity index is 1.62. The molecule has 31 heavy (non-hydrogen) atoms. The topological polar surface area (TPSA) is 82.2 Å². The van der Waals surface area contributed by atoms with Crippen LogP contribution in [0.1, 0.15) is 6.42 Å². The van der Waals surface area contributed by atoms with Crippen LogP contribution in [0.25, 0.3) is 11.1 Å².